The smallest absolute Gasteiger partial charge is 0.269 e. The van der Waals surface area contributed by atoms with Gasteiger partial charge < -0.3 is 11.1 Å². The molecule has 2 rings (SSSR count). The molecule has 4 heteroatoms. The molecule has 1 aromatic heterocycles. The van der Waals surface area contributed by atoms with E-state index in [4.69, 9.17) is 5.73 Å². The van der Waals surface area contributed by atoms with Gasteiger partial charge in [-0.2, -0.15) is 0 Å². The number of hydrogen-bond acceptors (Lipinski definition) is 3. The minimum absolute atomic E-state index is 0.0561. The van der Waals surface area contributed by atoms with Crippen LogP contribution in [0.1, 0.15) is 17.4 Å². The van der Waals surface area contributed by atoms with Crippen LogP contribution in [0.15, 0.2) is 36.4 Å². The highest BCUT2D eigenvalue weighted by molar-refractivity contribution is 5.94. The van der Waals surface area contributed by atoms with Crippen molar-refractivity contribution in [1.29, 1.82) is 0 Å². The largest absolute Gasteiger partial charge is 0.349 e. The molecule has 0 saturated carbocycles. The van der Waals surface area contributed by atoms with E-state index in [1.807, 2.05) is 37.3 Å². The van der Waals surface area contributed by atoms with Gasteiger partial charge in [-0.3, -0.25) is 4.79 Å². The SMILES string of the molecule is CC(N)CNC(=O)c1ccc2ccccc2n1. The quantitative estimate of drug-likeness (QED) is 0.833. The predicted octanol–water partition coefficient (Wildman–Crippen LogP) is 1.31. The number of fused-ring (bicyclic) bond motifs is 1. The number of aromatic nitrogens is 1. The zero-order chi connectivity index (χ0) is 12.3. The Hall–Kier alpha value is -1.94. The average Bonchev–Trinajstić information content (AvgIpc) is 2.35. The van der Waals surface area contributed by atoms with Gasteiger partial charge in [0, 0.05) is 18.0 Å². The molecule has 1 aromatic carbocycles. The Bertz CT molecular complexity index is 537. The molecule has 4 nitrogen and oxygen atoms in total. The summed E-state index contributed by atoms with van der Waals surface area (Å²) in [6.07, 6.45) is 0. The maximum atomic E-state index is 11.8. The van der Waals surface area contributed by atoms with Crippen molar-refractivity contribution in [1.82, 2.24) is 10.3 Å². The Balaban J connectivity index is 2.21. The van der Waals surface area contributed by atoms with Crippen molar-refractivity contribution in [3.05, 3.63) is 42.1 Å². The van der Waals surface area contributed by atoms with Crippen molar-refractivity contribution < 1.29 is 4.79 Å². The van der Waals surface area contributed by atoms with Crippen molar-refractivity contribution in [2.45, 2.75) is 13.0 Å². The Morgan fingerprint density at radius 1 is 1.35 bits per heavy atom. The van der Waals surface area contributed by atoms with Gasteiger partial charge in [-0.1, -0.05) is 24.3 Å². The summed E-state index contributed by atoms with van der Waals surface area (Å²) >= 11 is 0. The van der Waals surface area contributed by atoms with Crippen molar-refractivity contribution >= 4 is 16.8 Å². The number of para-hydroxylation sites is 1. The highest BCUT2D eigenvalue weighted by Gasteiger charge is 2.07. The predicted molar refractivity (Wildman–Crippen MR) is 67.7 cm³/mol. The summed E-state index contributed by atoms with van der Waals surface area (Å²) in [5, 5.41) is 3.76. The molecule has 0 aliphatic heterocycles. The van der Waals surface area contributed by atoms with Crippen LogP contribution in [0.3, 0.4) is 0 Å². The third-order valence-electron chi connectivity index (χ3n) is 2.42. The van der Waals surface area contributed by atoms with Crippen LogP contribution in [-0.4, -0.2) is 23.5 Å². The fourth-order valence-electron chi connectivity index (χ4n) is 1.54. The maximum absolute atomic E-state index is 11.8. The van der Waals surface area contributed by atoms with Crippen LogP contribution in [0.25, 0.3) is 10.9 Å². The van der Waals surface area contributed by atoms with E-state index < -0.39 is 0 Å². The van der Waals surface area contributed by atoms with Gasteiger partial charge in [0.1, 0.15) is 5.69 Å². The van der Waals surface area contributed by atoms with Gasteiger partial charge in [0.05, 0.1) is 5.52 Å². The van der Waals surface area contributed by atoms with E-state index >= 15 is 0 Å². The standard InChI is InChI=1S/C13H15N3O/c1-9(14)8-15-13(17)12-7-6-10-4-2-3-5-11(10)16-12/h2-7,9H,8,14H2,1H3,(H,15,17). The Kier molecular flexibility index (Phi) is 3.35. The summed E-state index contributed by atoms with van der Waals surface area (Å²) in [5.41, 5.74) is 6.82. The summed E-state index contributed by atoms with van der Waals surface area (Å²) in [4.78, 5) is 16.1. The molecule has 88 valence electrons. The van der Waals surface area contributed by atoms with Crippen molar-refractivity contribution in [3.63, 3.8) is 0 Å². The summed E-state index contributed by atoms with van der Waals surface area (Å²) < 4.78 is 0. The number of pyridine rings is 1. The lowest BCUT2D eigenvalue weighted by molar-refractivity contribution is 0.0947. The van der Waals surface area contributed by atoms with Gasteiger partial charge >= 0.3 is 0 Å². The van der Waals surface area contributed by atoms with Gasteiger partial charge in [0.25, 0.3) is 5.91 Å². The van der Waals surface area contributed by atoms with E-state index in [2.05, 4.69) is 10.3 Å². The van der Waals surface area contributed by atoms with Gasteiger partial charge in [-0.15, -0.1) is 0 Å². The van der Waals surface area contributed by atoms with Crippen LogP contribution in [-0.2, 0) is 0 Å². The number of nitrogens with two attached hydrogens (primary N) is 1. The van der Waals surface area contributed by atoms with Gasteiger partial charge in [0.2, 0.25) is 0 Å². The van der Waals surface area contributed by atoms with Gasteiger partial charge in [0.15, 0.2) is 0 Å². The number of amides is 1. The van der Waals surface area contributed by atoms with E-state index in [1.165, 1.54) is 0 Å². The van der Waals surface area contributed by atoms with Crippen LogP contribution in [0.2, 0.25) is 0 Å². The molecule has 3 N–H and O–H groups in total. The lowest BCUT2D eigenvalue weighted by Gasteiger charge is -2.07. The van der Waals surface area contributed by atoms with Crippen molar-refractivity contribution in [2.24, 2.45) is 5.73 Å². The first-order chi connectivity index (χ1) is 8.16. The highest BCUT2D eigenvalue weighted by Crippen LogP contribution is 2.11. The topological polar surface area (TPSA) is 68.0 Å². The molecule has 0 saturated heterocycles. The summed E-state index contributed by atoms with van der Waals surface area (Å²) in [6, 6.07) is 11.3. The molecular formula is C13H15N3O. The normalized spacial score (nSPS) is 12.4. The minimum Gasteiger partial charge on any atom is -0.349 e. The number of nitrogens with one attached hydrogen (secondary N) is 1. The zero-order valence-electron chi connectivity index (χ0n) is 9.68. The Labute approximate surface area is 99.8 Å². The van der Waals surface area contributed by atoms with E-state index in [0.717, 1.165) is 10.9 Å². The third kappa shape index (κ3) is 2.79. The Morgan fingerprint density at radius 2 is 2.12 bits per heavy atom. The zero-order valence-corrected chi connectivity index (χ0v) is 9.68. The van der Waals surface area contributed by atoms with Crippen LogP contribution >= 0.6 is 0 Å². The molecular weight excluding hydrogens is 214 g/mol. The summed E-state index contributed by atoms with van der Waals surface area (Å²) in [6.45, 7) is 2.29. The molecule has 0 radical (unpaired) electrons. The fourth-order valence-corrected chi connectivity index (χ4v) is 1.54. The lowest BCUT2D eigenvalue weighted by atomic mass is 10.2. The molecule has 1 unspecified atom stereocenters. The lowest BCUT2D eigenvalue weighted by Crippen LogP contribution is -2.35. The van der Waals surface area contributed by atoms with E-state index in [9.17, 15) is 4.79 Å². The second-order valence-corrected chi connectivity index (χ2v) is 4.08. The molecule has 1 amide bonds. The molecule has 0 fully saturated rings. The Morgan fingerprint density at radius 3 is 2.88 bits per heavy atom. The fraction of sp³-hybridized carbons (Fsp3) is 0.231. The van der Waals surface area contributed by atoms with Crippen LogP contribution in [0, 0.1) is 0 Å². The molecule has 0 aliphatic carbocycles. The first kappa shape index (κ1) is 11.5. The molecule has 0 bridgehead atoms. The first-order valence-corrected chi connectivity index (χ1v) is 5.56. The number of carbonyl (C=O) groups is 1. The second kappa shape index (κ2) is 4.93. The van der Waals surface area contributed by atoms with E-state index in [-0.39, 0.29) is 11.9 Å². The number of hydrogen-bond donors (Lipinski definition) is 2. The number of rotatable bonds is 3. The first-order valence-electron chi connectivity index (χ1n) is 5.56. The van der Waals surface area contributed by atoms with Crippen molar-refractivity contribution in [2.75, 3.05) is 6.54 Å². The van der Waals surface area contributed by atoms with Gasteiger partial charge in [-0.05, 0) is 19.1 Å². The van der Waals surface area contributed by atoms with E-state index in [0.29, 0.717) is 12.2 Å². The number of nitrogens with zero attached hydrogens (tertiary/aromatic N) is 1. The molecule has 17 heavy (non-hydrogen) atoms. The maximum Gasteiger partial charge on any atom is 0.269 e. The third-order valence-corrected chi connectivity index (χ3v) is 2.42. The van der Waals surface area contributed by atoms with Crippen LogP contribution in [0.4, 0.5) is 0 Å². The second-order valence-electron chi connectivity index (χ2n) is 4.08. The molecule has 0 aliphatic rings. The number of carbonyl (C=O) groups excluding carboxylic acids is 1. The molecule has 0 spiro atoms. The summed E-state index contributed by atoms with van der Waals surface area (Å²) in [7, 11) is 0. The average molecular weight is 229 g/mol. The highest BCUT2D eigenvalue weighted by atomic mass is 16.1. The number of benzene rings is 1. The van der Waals surface area contributed by atoms with E-state index in [1.54, 1.807) is 6.07 Å². The minimum atomic E-state index is -0.187. The van der Waals surface area contributed by atoms with Crippen molar-refractivity contribution in [3.8, 4) is 0 Å². The monoisotopic (exact) mass is 229 g/mol. The van der Waals surface area contributed by atoms with Crippen LogP contribution < -0.4 is 11.1 Å². The molecule has 2 aromatic rings. The summed E-state index contributed by atoms with van der Waals surface area (Å²) in [5.74, 6) is -0.187. The van der Waals surface area contributed by atoms with Crippen LogP contribution in [0.5, 0.6) is 0 Å². The molecule has 1 atom stereocenters. The van der Waals surface area contributed by atoms with Gasteiger partial charge in [-0.25, -0.2) is 4.98 Å². The molecule has 1 heterocycles.